The van der Waals surface area contributed by atoms with E-state index >= 15 is 0 Å². The van der Waals surface area contributed by atoms with Gasteiger partial charge in [-0.2, -0.15) is 5.10 Å². The maximum Gasteiger partial charge on any atom is 0.121 e. The summed E-state index contributed by atoms with van der Waals surface area (Å²) < 4.78 is 1.83. The Kier molecular flexibility index (Phi) is 1.94. The first-order valence-corrected chi connectivity index (χ1v) is 3.54. The molecule has 0 saturated heterocycles. The van der Waals surface area contributed by atoms with E-state index in [0.29, 0.717) is 6.04 Å². The molecule has 1 rings (SSSR count). The zero-order valence-electron chi connectivity index (χ0n) is 6.41. The van der Waals surface area contributed by atoms with Crippen molar-refractivity contribution in [2.45, 2.75) is 26.3 Å². The first kappa shape index (κ1) is 7.12. The lowest BCUT2D eigenvalue weighted by molar-refractivity contribution is 0.485. The summed E-state index contributed by atoms with van der Waals surface area (Å²) in [6, 6.07) is 2.22. The van der Waals surface area contributed by atoms with Gasteiger partial charge in [-0.25, -0.2) is 4.68 Å². The van der Waals surface area contributed by atoms with E-state index in [-0.39, 0.29) is 0 Å². The van der Waals surface area contributed by atoms with Crippen molar-refractivity contribution in [1.29, 1.82) is 0 Å². The highest BCUT2D eigenvalue weighted by Gasteiger charge is 2.03. The Morgan fingerprint density at radius 3 is 2.90 bits per heavy atom. The molecular weight excluding hydrogens is 126 g/mol. The summed E-state index contributed by atoms with van der Waals surface area (Å²) in [4.78, 5) is 0. The van der Waals surface area contributed by atoms with E-state index in [2.05, 4.69) is 18.9 Å². The van der Waals surface area contributed by atoms with Gasteiger partial charge in [0.05, 0.1) is 12.2 Å². The molecule has 0 radical (unpaired) electrons. The maximum atomic E-state index is 5.62. The van der Waals surface area contributed by atoms with Crippen LogP contribution in [-0.2, 0) is 0 Å². The lowest BCUT2D eigenvalue weighted by Crippen LogP contribution is -2.08. The summed E-state index contributed by atoms with van der Waals surface area (Å²) >= 11 is 0. The number of aromatic nitrogens is 2. The number of rotatable bonds is 2. The molecule has 0 aliphatic carbocycles. The maximum absolute atomic E-state index is 5.62. The molecule has 2 N–H and O–H groups in total. The summed E-state index contributed by atoms with van der Waals surface area (Å²) in [6.45, 7) is 4.22. The van der Waals surface area contributed by atoms with Gasteiger partial charge in [0.2, 0.25) is 0 Å². The van der Waals surface area contributed by atoms with Gasteiger partial charge in [0, 0.05) is 0 Å². The fourth-order valence-electron chi connectivity index (χ4n) is 0.866. The van der Waals surface area contributed by atoms with Gasteiger partial charge in [-0.3, -0.25) is 0 Å². The second-order valence-electron chi connectivity index (χ2n) is 2.46. The Balaban J connectivity index is 2.82. The molecule has 1 aromatic heterocycles. The first-order valence-electron chi connectivity index (χ1n) is 3.54. The second kappa shape index (κ2) is 2.73. The predicted molar refractivity (Wildman–Crippen MR) is 41.6 cm³/mol. The van der Waals surface area contributed by atoms with Crippen LogP contribution < -0.4 is 5.73 Å². The smallest absolute Gasteiger partial charge is 0.121 e. The van der Waals surface area contributed by atoms with E-state index in [9.17, 15) is 0 Å². The Labute approximate surface area is 60.8 Å². The van der Waals surface area contributed by atoms with Gasteiger partial charge in [0.15, 0.2) is 0 Å². The number of nitrogens with two attached hydrogens (primary N) is 1. The van der Waals surface area contributed by atoms with Crippen molar-refractivity contribution in [1.82, 2.24) is 9.78 Å². The predicted octanol–water partition coefficient (Wildman–Crippen LogP) is 1.44. The number of anilines is 1. The van der Waals surface area contributed by atoms with Crippen LogP contribution in [0.1, 0.15) is 26.3 Å². The summed E-state index contributed by atoms with van der Waals surface area (Å²) in [5, 5.41) is 4.08. The largest absolute Gasteiger partial charge is 0.384 e. The molecule has 0 bridgehead atoms. The molecule has 10 heavy (non-hydrogen) atoms. The van der Waals surface area contributed by atoms with Crippen molar-refractivity contribution in [3.63, 3.8) is 0 Å². The third-order valence-corrected chi connectivity index (χ3v) is 1.71. The average Bonchev–Trinajstić information content (AvgIpc) is 2.34. The highest BCUT2D eigenvalue weighted by Crippen LogP contribution is 2.12. The molecule has 0 spiro atoms. The summed E-state index contributed by atoms with van der Waals surface area (Å²) in [6.07, 6.45) is 2.79. The molecule has 0 fully saturated rings. The SMILES string of the molecule is CCC(C)n1nccc1N. The fraction of sp³-hybridized carbons (Fsp3) is 0.571. The quantitative estimate of drug-likeness (QED) is 0.673. The third kappa shape index (κ3) is 1.12. The zero-order chi connectivity index (χ0) is 7.56. The monoisotopic (exact) mass is 139 g/mol. The highest BCUT2D eigenvalue weighted by atomic mass is 15.3. The summed E-state index contributed by atoms with van der Waals surface area (Å²) in [5.41, 5.74) is 5.62. The molecule has 0 aliphatic rings. The van der Waals surface area contributed by atoms with Gasteiger partial charge >= 0.3 is 0 Å². The molecule has 1 heterocycles. The topological polar surface area (TPSA) is 43.8 Å². The number of hydrogen-bond donors (Lipinski definition) is 1. The van der Waals surface area contributed by atoms with Crippen molar-refractivity contribution >= 4 is 5.82 Å². The van der Waals surface area contributed by atoms with E-state index in [0.717, 1.165) is 12.2 Å². The molecule has 1 unspecified atom stereocenters. The number of hydrogen-bond acceptors (Lipinski definition) is 2. The normalized spacial score (nSPS) is 13.4. The van der Waals surface area contributed by atoms with Gasteiger partial charge in [0.25, 0.3) is 0 Å². The lowest BCUT2D eigenvalue weighted by atomic mass is 10.3. The Morgan fingerprint density at radius 2 is 2.50 bits per heavy atom. The summed E-state index contributed by atoms with van der Waals surface area (Å²) in [7, 11) is 0. The van der Waals surface area contributed by atoms with E-state index in [1.165, 1.54) is 0 Å². The van der Waals surface area contributed by atoms with Crippen LogP contribution in [-0.4, -0.2) is 9.78 Å². The first-order chi connectivity index (χ1) is 4.75. The molecule has 1 aromatic rings. The molecule has 0 aromatic carbocycles. The van der Waals surface area contributed by atoms with Gasteiger partial charge < -0.3 is 5.73 Å². The Morgan fingerprint density at radius 1 is 1.80 bits per heavy atom. The van der Waals surface area contributed by atoms with E-state index in [1.807, 2.05) is 10.7 Å². The highest BCUT2D eigenvalue weighted by molar-refractivity contribution is 5.26. The zero-order valence-corrected chi connectivity index (χ0v) is 6.41. The Hall–Kier alpha value is -0.990. The van der Waals surface area contributed by atoms with Crippen LogP contribution in [0.25, 0.3) is 0 Å². The number of nitrogens with zero attached hydrogens (tertiary/aromatic N) is 2. The second-order valence-corrected chi connectivity index (χ2v) is 2.46. The van der Waals surface area contributed by atoms with Gasteiger partial charge in [-0.05, 0) is 19.4 Å². The van der Waals surface area contributed by atoms with E-state index in [1.54, 1.807) is 6.20 Å². The summed E-state index contributed by atoms with van der Waals surface area (Å²) in [5.74, 6) is 0.745. The lowest BCUT2D eigenvalue weighted by Gasteiger charge is -2.09. The fourth-order valence-corrected chi connectivity index (χ4v) is 0.866. The van der Waals surface area contributed by atoms with Crippen LogP contribution in [0.5, 0.6) is 0 Å². The van der Waals surface area contributed by atoms with Gasteiger partial charge in [-0.1, -0.05) is 6.92 Å². The minimum atomic E-state index is 0.412. The molecule has 56 valence electrons. The molecule has 0 aliphatic heterocycles. The van der Waals surface area contributed by atoms with Crippen molar-refractivity contribution < 1.29 is 0 Å². The van der Waals surface area contributed by atoms with Gasteiger partial charge in [0.1, 0.15) is 5.82 Å². The van der Waals surface area contributed by atoms with Crippen LogP contribution in [0.4, 0.5) is 5.82 Å². The molecule has 0 saturated carbocycles. The van der Waals surface area contributed by atoms with Crippen molar-refractivity contribution in [3.05, 3.63) is 12.3 Å². The number of nitrogen functional groups attached to an aromatic ring is 1. The van der Waals surface area contributed by atoms with Crippen molar-refractivity contribution in [3.8, 4) is 0 Å². The molecule has 3 heteroatoms. The minimum Gasteiger partial charge on any atom is -0.384 e. The van der Waals surface area contributed by atoms with Crippen LogP contribution in [0.15, 0.2) is 12.3 Å². The molecule has 3 nitrogen and oxygen atoms in total. The average molecular weight is 139 g/mol. The van der Waals surface area contributed by atoms with Crippen LogP contribution in [0, 0.1) is 0 Å². The van der Waals surface area contributed by atoms with Crippen LogP contribution in [0.2, 0.25) is 0 Å². The van der Waals surface area contributed by atoms with Crippen LogP contribution >= 0.6 is 0 Å². The molecule has 1 atom stereocenters. The van der Waals surface area contributed by atoms with E-state index < -0.39 is 0 Å². The van der Waals surface area contributed by atoms with Crippen LogP contribution in [0.3, 0.4) is 0 Å². The molecule has 0 amide bonds. The third-order valence-electron chi connectivity index (χ3n) is 1.71. The van der Waals surface area contributed by atoms with E-state index in [4.69, 9.17) is 5.73 Å². The standard InChI is InChI=1S/C7H13N3/c1-3-6(2)10-7(8)4-5-9-10/h4-6H,3,8H2,1-2H3. The molecular formula is C7H13N3. The Bertz CT molecular complexity index is 204. The minimum absolute atomic E-state index is 0.412. The van der Waals surface area contributed by atoms with Crippen molar-refractivity contribution in [2.24, 2.45) is 0 Å². The van der Waals surface area contributed by atoms with Gasteiger partial charge in [-0.15, -0.1) is 0 Å². The van der Waals surface area contributed by atoms with Crippen molar-refractivity contribution in [2.75, 3.05) is 5.73 Å².